The Hall–Kier alpha value is -3.54. The molecule has 2 aromatic carbocycles. The molecule has 3 aromatic rings. The van der Waals surface area contributed by atoms with E-state index in [0.717, 1.165) is 11.4 Å². The Morgan fingerprint density at radius 2 is 1.63 bits per heavy atom. The summed E-state index contributed by atoms with van der Waals surface area (Å²) in [6.07, 6.45) is 0. The molecule has 0 aliphatic heterocycles. The van der Waals surface area contributed by atoms with Gasteiger partial charge in [0, 0.05) is 23.1 Å². The fraction of sp³-hybridized carbons (Fsp3) is 0.250. The monoisotopic (exact) mass is 406 g/mol. The molecule has 6 nitrogen and oxygen atoms in total. The zero-order valence-electron chi connectivity index (χ0n) is 17.6. The number of benzene rings is 2. The molecular weight excluding hydrogens is 380 g/mol. The van der Waals surface area contributed by atoms with E-state index in [0.29, 0.717) is 22.8 Å². The number of carbonyl (C=O) groups excluding carboxylic acids is 2. The number of aryl methyl sites for hydroxylation is 2. The third-order valence-electron chi connectivity index (χ3n) is 4.58. The first-order valence-electron chi connectivity index (χ1n) is 9.83. The molecule has 30 heavy (non-hydrogen) atoms. The molecule has 0 spiro atoms. The predicted octanol–water partition coefficient (Wildman–Crippen LogP) is 5.24. The van der Waals surface area contributed by atoms with Crippen LogP contribution < -0.4 is 10.2 Å². The number of para-hydroxylation sites is 1. The second-order valence-corrected chi connectivity index (χ2v) is 7.30. The van der Waals surface area contributed by atoms with E-state index in [2.05, 4.69) is 36.2 Å². The van der Waals surface area contributed by atoms with Gasteiger partial charge in [0.15, 0.2) is 6.61 Å². The molecular formula is C24H26N2O4. The lowest BCUT2D eigenvalue weighted by Gasteiger charge is -2.29. The molecule has 6 heteroatoms. The zero-order valence-corrected chi connectivity index (χ0v) is 17.6. The van der Waals surface area contributed by atoms with Crippen LogP contribution in [0.25, 0.3) is 0 Å². The van der Waals surface area contributed by atoms with Gasteiger partial charge >= 0.3 is 5.97 Å². The van der Waals surface area contributed by atoms with Crippen LogP contribution in [0.5, 0.6) is 0 Å². The average molecular weight is 406 g/mol. The van der Waals surface area contributed by atoms with E-state index in [1.165, 1.54) is 0 Å². The maximum absolute atomic E-state index is 12.2. The first kappa shape index (κ1) is 21.2. The smallest absolute Gasteiger partial charge is 0.342 e. The number of nitrogens with one attached hydrogen (secondary N) is 1. The highest BCUT2D eigenvalue weighted by Gasteiger charge is 2.17. The van der Waals surface area contributed by atoms with E-state index in [9.17, 15) is 9.59 Å². The molecule has 1 heterocycles. The predicted molar refractivity (Wildman–Crippen MR) is 117 cm³/mol. The zero-order chi connectivity index (χ0) is 21.7. The topological polar surface area (TPSA) is 71.8 Å². The minimum atomic E-state index is -0.578. The summed E-state index contributed by atoms with van der Waals surface area (Å²) in [5.74, 6) is 0.111. The molecule has 0 saturated heterocycles. The third kappa shape index (κ3) is 5.08. The fourth-order valence-electron chi connectivity index (χ4n) is 3.28. The number of ether oxygens (including phenoxy) is 1. The van der Waals surface area contributed by atoms with Gasteiger partial charge in [0.2, 0.25) is 0 Å². The molecule has 0 atom stereocenters. The number of carbonyl (C=O) groups is 2. The van der Waals surface area contributed by atoms with Crippen molar-refractivity contribution >= 4 is 28.9 Å². The molecule has 0 bridgehead atoms. The Balaban J connectivity index is 1.60. The van der Waals surface area contributed by atoms with Crippen molar-refractivity contribution in [2.75, 3.05) is 16.8 Å². The van der Waals surface area contributed by atoms with Crippen LogP contribution in [0.1, 0.15) is 35.7 Å². The van der Waals surface area contributed by atoms with Crippen LogP contribution in [0.15, 0.2) is 65.1 Å². The van der Waals surface area contributed by atoms with Crippen molar-refractivity contribution in [3.8, 4) is 0 Å². The highest BCUT2D eigenvalue weighted by molar-refractivity contribution is 5.96. The molecule has 3 rings (SSSR count). The number of rotatable bonds is 7. The van der Waals surface area contributed by atoms with Gasteiger partial charge in [-0.2, -0.15) is 0 Å². The van der Waals surface area contributed by atoms with Crippen LogP contribution in [0.3, 0.4) is 0 Å². The number of hydrogen-bond acceptors (Lipinski definition) is 5. The van der Waals surface area contributed by atoms with Gasteiger partial charge in [-0.25, -0.2) is 4.79 Å². The summed E-state index contributed by atoms with van der Waals surface area (Å²) < 4.78 is 10.4. The van der Waals surface area contributed by atoms with Gasteiger partial charge in [-0.15, -0.1) is 0 Å². The number of nitrogens with zero attached hydrogens (tertiary/aromatic N) is 1. The Bertz CT molecular complexity index is 1010. The van der Waals surface area contributed by atoms with Crippen molar-refractivity contribution in [3.05, 3.63) is 77.7 Å². The van der Waals surface area contributed by atoms with Crippen LogP contribution >= 0.6 is 0 Å². The highest BCUT2D eigenvalue weighted by atomic mass is 16.5. The van der Waals surface area contributed by atoms with Crippen molar-refractivity contribution in [3.63, 3.8) is 0 Å². The molecule has 0 aliphatic carbocycles. The molecule has 0 radical (unpaired) electrons. The van der Waals surface area contributed by atoms with Gasteiger partial charge in [0.1, 0.15) is 17.1 Å². The van der Waals surface area contributed by atoms with Gasteiger partial charge in [-0.05, 0) is 70.2 Å². The van der Waals surface area contributed by atoms with E-state index in [4.69, 9.17) is 9.15 Å². The largest absolute Gasteiger partial charge is 0.466 e. The third-order valence-corrected chi connectivity index (χ3v) is 4.58. The first-order valence-corrected chi connectivity index (χ1v) is 9.83. The van der Waals surface area contributed by atoms with Crippen LogP contribution in [-0.2, 0) is 9.53 Å². The summed E-state index contributed by atoms with van der Waals surface area (Å²) in [4.78, 5) is 26.5. The number of anilines is 3. The standard InChI is InChI=1S/C24H26N2O4/c1-16(2)26(20-8-6-5-7-9-20)21-12-10-19(11-13-21)25-23(27)15-29-24(28)22-14-17(3)30-18(22)4/h5-14,16H,15H2,1-4H3,(H,25,27). The number of hydrogen-bond donors (Lipinski definition) is 1. The lowest BCUT2D eigenvalue weighted by molar-refractivity contribution is -0.119. The van der Waals surface area contributed by atoms with Crippen molar-refractivity contribution in [1.82, 2.24) is 0 Å². The van der Waals surface area contributed by atoms with Crippen LogP contribution in [0.4, 0.5) is 17.1 Å². The van der Waals surface area contributed by atoms with Crippen molar-refractivity contribution in [1.29, 1.82) is 0 Å². The highest BCUT2D eigenvalue weighted by Crippen LogP contribution is 2.28. The average Bonchev–Trinajstić information content (AvgIpc) is 3.06. The van der Waals surface area contributed by atoms with E-state index >= 15 is 0 Å². The maximum Gasteiger partial charge on any atom is 0.342 e. The Labute approximate surface area is 176 Å². The minimum absolute atomic E-state index is 0.266. The summed E-state index contributed by atoms with van der Waals surface area (Å²) in [5, 5.41) is 2.75. The summed E-state index contributed by atoms with van der Waals surface area (Å²) in [6, 6.07) is 19.6. The normalized spacial score (nSPS) is 10.7. The SMILES string of the molecule is Cc1cc(C(=O)OCC(=O)Nc2ccc(N(c3ccccc3)C(C)C)cc2)c(C)o1. The van der Waals surface area contributed by atoms with E-state index in [1.54, 1.807) is 19.9 Å². The van der Waals surface area contributed by atoms with Crippen molar-refractivity contribution < 1.29 is 18.7 Å². The Morgan fingerprint density at radius 3 is 2.20 bits per heavy atom. The lowest BCUT2D eigenvalue weighted by Crippen LogP contribution is -2.25. The number of furan rings is 1. The minimum Gasteiger partial charge on any atom is -0.466 e. The van der Waals surface area contributed by atoms with E-state index in [-0.39, 0.29) is 12.6 Å². The molecule has 0 fully saturated rings. The van der Waals surface area contributed by atoms with E-state index in [1.807, 2.05) is 42.5 Å². The van der Waals surface area contributed by atoms with Gasteiger partial charge in [0.25, 0.3) is 5.91 Å². The number of esters is 1. The molecule has 1 aromatic heterocycles. The summed E-state index contributed by atoms with van der Waals surface area (Å²) >= 11 is 0. The molecule has 1 amide bonds. The summed E-state index contributed by atoms with van der Waals surface area (Å²) in [6.45, 7) is 7.31. The second kappa shape index (κ2) is 9.31. The molecule has 1 N–H and O–H groups in total. The maximum atomic E-state index is 12.2. The molecule has 0 unspecified atom stereocenters. The molecule has 156 valence electrons. The number of amides is 1. The van der Waals surface area contributed by atoms with Gasteiger partial charge in [0.05, 0.1) is 0 Å². The van der Waals surface area contributed by atoms with Crippen molar-refractivity contribution in [2.45, 2.75) is 33.7 Å². The Kier molecular flexibility index (Phi) is 6.57. The van der Waals surface area contributed by atoms with Crippen molar-refractivity contribution in [2.24, 2.45) is 0 Å². The van der Waals surface area contributed by atoms with Gasteiger partial charge in [-0.3, -0.25) is 4.79 Å². The Morgan fingerprint density at radius 1 is 1.00 bits per heavy atom. The van der Waals surface area contributed by atoms with Crippen LogP contribution in [0, 0.1) is 13.8 Å². The van der Waals surface area contributed by atoms with E-state index < -0.39 is 11.9 Å². The first-order chi connectivity index (χ1) is 14.3. The molecule has 0 aliphatic rings. The summed E-state index contributed by atoms with van der Waals surface area (Å²) in [5.41, 5.74) is 3.08. The second-order valence-electron chi connectivity index (χ2n) is 7.30. The lowest BCUT2D eigenvalue weighted by atomic mass is 10.2. The summed E-state index contributed by atoms with van der Waals surface area (Å²) in [7, 11) is 0. The quantitative estimate of drug-likeness (QED) is 0.544. The van der Waals surface area contributed by atoms with Crippen LogP contribution in [0.2, 0.25) is 0 Å². The van der Waals surface area contributed by atoms with Gasteiger partial charge < -0.3 is 19.4 Å². The van der Waals surface area contributed by atoms with Gasteiger partial charge in [-0.1, -0.05) is 18.2 Å². The molecule has 0 saturated carbocycles. The fourth-order valence-corrected chi connectivity index (χ4v) is 3.28. The van der Waals surface area contributed by atoms with Crippen LogP contribution in [-0.4, -0.2) is 24.5 Å².